The Morgan fingerprint density at radius 2 is 1.67 bits per heavy atom. The summed E-state index contributed by atoms with van der Waals surface area (Å²) in [6.07, 6.45) is 5.36. The SMILES string of the molecule is Cc1cccc(N2C(=O)/C(=C/c3ccc(N4CCCCC4)cc3)C(=O)NC2=S)c1C. The molecule has 0 spiro atoms. The molecule has 0 unspecified atom stereocenters. The summed E-state index contributed by atoms with van der Waals surface area (Å²) >= 11 is 5.31. The highest BCUT2D eigenvalue weighted by molar-refractivity contribution is 7.80. The number of hydrogen-bond donors (Lipinski definition) is 1. The topological polar surface area (TPSA) is 52.7 Å². The lowest BCUT2D eigenvalue weighted by atomic mass is 10.0. The van der Waals surface area contributed by atoms with Crippen molar-refractivity contribution in [1.29, 1.82) is 0 Å². The number of piperidine rings is 1. The van der Waals surface area contributed by atoms with Crippen LogP contribution in [0.5, 0.6) is 0 Å². The quantitative estimate of drug-likeness (QED) is 0.462. The molecule has 6 heteroatoms. The number of amides is 2. The summed E-state index contributed by atoms with van der Waals surface area (Å²) in [7, 11) is 0. The summed E-state index contributed by atoms with van der Waals surface area (Å²) < 4.78 is 0. The van der Waals surface area contributed by atoms with Gasteiger partial charge in [-0.15, -0.1) is 0 Å². The number of thiocarbonyl (C=S) groups is 1. The number of nitrogens with zero attached hydrogens (tertiary/aromatic N) is 2. The fourth-order valence-corrected chi connectivity index (χ4v) is 4.23. The Labute approximate surface area is 182 Å². The lowest BCUT2D eigenvalue weighted by Crippen LogP contribution is -2.54. The number of nitrogens with one attached hydrogen (secondary N) is 1. The first-order chi connectivity index (χ1) is 14.5. The Morgan fingerprint density at radius 3 is 2.37 bits per heavy atom. The average molecular weight is 420 g/mol. The fraction of sp³-hybridized carbons (Fsp3) is 0.292. The van der Waals surface area contributed by atoms with Gasteiger partial charge in [0, 0.05) is 18.8 Å². The maximum absolute atomic E-state index is 13.2. The van der Waals surface area contributed by atoms with Crippen LogP contribution in [0.2, 0.25) is 0 Å². The highest BCUT2D eigenvalue weighted by Gasteiger charge is 2.35. The lowest BCUT2D eigenvalue weighted by molar-refractivity contribution is -0.122. The third-order valence-electron chi connectivity index (χ3n) is 5.84. The van der Waals surface area contributed by atoms with Crippen molar-refractivity contribution in [3.63, 3.8) is 0 Å². The van der Waals surface area contributed by atoms with E-state index in [4.69, 9.17) is 12.2 Å². The van der Waals surface area contributed by atoms with Crippen LogP contribution in [0.4, 0.5) is 11.4 Å². The minimum Gasteiger partial charge on any atom is -0.372 e. The summed E-state index contributed by atoms with van der Waals surface area (Å²) in [4.78, 5) is 29.6. The van der Waals surface area contributed by atoms with Crippen LogP contribution in [-0.4, -0.2) is 30.0 Å². The molecule has 0 atom stereocenters. The normalized spacial score (nSPS) is 18.7. The molecule has 0 bridgehead atoms. The van der Waals surface area contributed by atoms with Crippen LogP contribution in [0.1, 0.15) is 36.0 Å². The van der Waals surface area contributed by atoms with E-state index in [9.17, 15) is 9.59 Å². The second-order valence-electron chi connectivity index (χ2n) is 7.82. The van der Waals surface area contributed by atoms with Crippen molar-refractivity contribution < 1.29 is 9.59 Å². The van der Waals surface area contributed by atoms with Crippen LogP contribution in [-0.2, 0) is 9.59 Å². The van der Waals surface area contributed by atoms with Gasteiger partial charge in [-0.05, 0) is 86.3 Å². The van der Waals surface area contributed by atoms with Gasteiger partial charge in [0.15, 0.2) is 5.11 Å². The van der Waals surface area contributed by atoms with E-state index < -0.39 is 11.8 Å². The number of benzene rings is 2. The summed E-state index contributed by atoms with van der Waals surface area (Å²) in [5.41, 5.74) is 4.76. The summed E-state index contributed by atoms with van der Waals surface area (Å²) in [5, 5.41) is 2.77. The Balaban J connectivity index is 1.63. The highest BCUT2D eigenvalue weighted by Crippen LogP contribution is 2.27. The molecule has 0 aromatic heterocycles. The molecule has 2 aromatic rings. The molecule has 0 aliphatic carbocycles. The number of rotatable bonds is 3. The summed E-state index contributed by atoms with van der Waals surface area (Å²) in [6.45, 7) is 6.07. The molecule has 2 aromatic carbocycles. The monoisotopic (exact) mass is 419 g/mol. The van der Waals surface area contributed by atoms with Crippen LogP contribution in [0, 0.1) is 13.8 Å². The third kappa shape index (κ3) is 3.87. The van der Waals surface area contributed by atoms with Gasteiger partial charge in [-0.2, -0.15) is 0 Å². The van der Waals surface area contributed by atoms with Crippen LogP contribution < -0.4 is 15.1 Å². The molecule has 2 saturated heterocycles. The van der Waals surface area contributed by atoms with E-state index in [0.717, 1.165) is 29.8 Å². The molecule has 1 N–H and O–H groups in total. The van der Waals surface area contributed by atoms with Gasteiger partial charge in [0.1, 0.15) is 5.57 Å². The first kappa shape index (κ1) is 20.3. The van der Waals surface area contributed by atoms with Gasteiger partial charge in [-0.25, -0.2) is 0 Å². The van der Waals surface area contributed by atoms with E-state index in [2.05, 4.69) is 22.3 Å². The van der Waals surface area contributed by atoms with Gasteiger partial charge >= 0.3 is 0 Å². The first-order valence-corrected chi connectivity index (χ1v) is 10.7. The van der Waals surface area contributed by atoms with Crippen molar-refractivity contribution in [3.05, 3.63) is 64.7 Å². The van der Waals surface area contributed by atoms with Crippen molar-refractivity contribution in [3.8, 4) is 0 Å². The number of anilines is 2. The molecule has 0 radical (unpaired) electrons. The van der Waals surface area contributed by atoms with Gasteiger partial charge in [0.2, 0.25) is 0 Å². The Hall–Kier alpha value is -2.99. The Kier molecular flexibility index (Phi) is 5.68. The van der Waals surface area contributed by atoms with Gasteiger partial charge in [-0.3, -0.25) is 19.8 Å². The molecule has 2 amide bonds. The molecule has 30 heavy (non-hydrogen) atoms. The molecule has 2 aliphatic heterocycles. The zero-order chi connectivity index (χ0) is 21.3. The molecular formula is C24H25N3O2S. The van der Waals surface area contributed by atoms with E-state index in [1.807, 2.05) is 44.2 Å². The lowest BCUT2D eigenvalue weighted by Gasteiger charge is -2.30. The Morgan fingerprint density at radius 1 is 0.967 bits per heavy atom. The van der Waals surface area contributed by atoms with Crippen molar-refractivity contribution >= 4 is 46.6 Å². The van der Waals surface area contributed by atoms with Gasteiger partial charge in [0.05, 0.1) is 5.69 Å². The number of hydrogen-bond acceptors (Lipinski definition) is 4. The van der Waals surface area contributed by atoms with Crippen molar-refractivity contribution in [2.24, 2.45) is 0 Å². The molecular weight excluding hydrogens is 394 g/mol. The van der Waals surface area contributed by atoms with Crippen molar-refractivity contribution in [1.82, 2.24) is 5.32 Å². The maximum Gasteiger partial charge on any atom is 0.270 e. The number of carbonyl (C=O) groups is 2. The predicted octanol–water partition coefficient (Wildman–Crippen LogP) is 4.13. The van der Waals surface area contributed by atoms with Crippen LogP contribution >= 0.6 is 12.2 Å². The zero-order valence-electron chi connectivity index (χ0n) is 17.3. The minimum atomic E-state index is -0.466. The third-order valence-corrected chi connectivity index (χ3v) is 6.13. The second-order valence-corrected chi connectivity index (χ2v) is 8.20. The molecule has 154 valence electrons. The van der Waals surface area contributed by atoms with E-state index in [1.54, 1.807) is 6.08 Å². The molecule has 4 rings (SSSR count). The van der Waals surface area contributed by atoms with Crippen LogP contribution in [0.25, 0.3) is 6.08 Å². The number of carbonyl (C=O) groups excluding carboxylic acids is 2. The number of aryl methyl sites for hydroxylation is 1. The van der Waals surface area contributed by atoms with E-state index >= 15 is 0 Å². The summed E-state index contributed by atoms with van der Waals surface area (Å²) in [5.74, 6) is -0.871. The van der Waals surface area contributed by atoms with Gasteiger partial charge < -0.3 is 4.90 Å². The van der Waals surface area contributed by atoms with E-state index in [-0.39, 0.29) is 10.7 Å². The van der Waals surface area contributed by atoms with Gasteiger partial charge in [0.25, 0.3) is 11.8 Å². The highest BCUT2D eigenvalue weighted by atomic mass is 32.1. The molecule has 5 nitrogen and oxygen atoms in total. The standard InChI is InChI=1S/C24H25N3O2S/c1-16-7-6-8-21(17(16)2)27-23(29)20(22(28)25-24(27)30)15-18-9-11-19(12-10-18)26-13-4-3-5-14-26/h6-12,15H,3-5,13-14H2,1-2H3,(H,25,28,30)/b20-15+. The van der Waals surface area contributed by atoms with E-state index in [0.29, 0.717) is 5.69 Å². The van der Waals surface area contributed by atoms with Crippen LogP contribution in [0.3, 0.4) is 0 Å². The Bertz CT molecular complexity index is 1040. The zero-order valence-corrected chi connectivity index (χ0v) is 18.1. The fourth-order valence-electron chi connectivity index (χ4n) is 3.95. The largest absolute Gasteiger partial charge is 0.372 e. The van der Waals surface area contributed by atoms with E-state index in [1.165, 1.54) is 29.8 Å². The van der Waals surface area contributed by atoms with Crippen molar-refractivity contribution in [2.45, 2.75) is 33.1 Å². The smallest absolute Gasteiger partial charge is 0.270 e. The summed E-state index contributed by atoms with van der Waals surface area (Å²) in [6, 6.07) is 13.7. The average Bonchev–Trinajstić information content (AvgIpc) is 2.75. The van der Waals surface area contributed by atoms with Crippen molar-refractivity contribution in [2.75, 3.05) is 22.9 Å². The maximum atomic E-state index is 13.2. The second kappa shape index (κ2) is 8.40. The minimum absolute atomic E-state index is 0.0789. The molecule has 2 fully saturated rings. The van der Waals surface area contributed by atoms with Crippen LogP contribution in [0.15, 0.2) is 48.0 Å². The van der Waals surface area contributed by atoms with Gasteiger partial charge in [-0.1, -0.05) is 24.3 Å². The molecule has 0 saturated carbocycles. The molecule has 2 heterocycles. The first-order valence-electron chi connectivity index (χ1n) is 10.3. The molecule has 2 aliphatic rings. The predicted molar refractivity (Wildman–Crippen MR) is 125 cm³/mol.